The molecule has 154 valence electrons. The van der Waals surface area contributed by atoms with Gasteiger partial charge >= 0.3 is 0 Å². The van der Waals surface area contributed by atoms with Crippen LogP contribution in [0.3, 0.4) is 0 Å². The Bertz CT molecular complexity index is 1130. The maximum atomic E-state index is 13.1. The molecular formula is C24H29NO3S. The molecule has 3 rings (SSSR count). The zero-order valence-electron chi connectivity index (χ0n) is 17.9. The molecule has 0 unspecified atom stereocenters. The average molecular weight is 412 g/mol. The molecular weight excluding hydrogens is 382 g/mol. The van der Waals surface area contributed by atoms with Crippen LogP contribution in [0.1, 0.15) is 52.7 Å². The minimum Gasteiger partial charge on any atom is -0.507 e. The summed E-state index contributed by atoms with van der Waals surface area (Å²) in [7, 11) is -3.77. The molecule has 0 saturated carbocycles. The van der Waals surface area contributed by atoms with Gasteiger partial charge < -0.3 is 5.11 Å². The van der Waals surface area contributed by atoms with Crippen molar-refractivity contribution in [2.45, 2.75) is 57.3 Å². The first kappa shape index (κ1) is 21.2. The van der Waals surface area contributed by atoms with Crippen LogP contribution in [-0.2, 0) is 20.9 Å². The van der Waals surface area contributed by atoms with Crippen LogP contribution in [0, 0.1) is 0 Å². The Morgan fingerprint density at radius 3 is 1.79 bits per heavy atom. The van der Waals surface area contributed by atoms with E-state index in [0.717, 1.165) is 10.8 Å². The zero-order valence-corrected chi connectivity index (χ0v) is 18.7. The summed E-state index contributed by atoms with van der Waals surface area (Å²) in [6, 6.07) is 16.2. The maximum absolute atomic E-state index is 13.1. The molecule has 0 aliphatic heterocycles. The molecule has 3 aromatic rings. The van der Waals surface area contributed by atoms with Crippen molar-refractivity contribution in [3.05, 3.63) is 65.7 Å². The summed E-state index contributed by atoms with van der Waals surface area (Å²) in [5, 5.41) is 12.7. The van der Waals surface area contributed by atoms with Gasteiger partial charge in [-0.2, -0.15) is 0 Å². The first-order chi connectivity index (χ1) is 13.3. The van der Waals surface area contributed by atoms with Crippen LogP contribution >= 0.6 is 0 Å². The number of anilines is 1. The molecule has 0 aliphatic carbocycles. The molecule has 29 heavy (non-hydrogen) atoms. The smallest absolute Gasteiger partial charge is 0.261 e. The summed E-state index contributed by atoms with van der Waals surface area (Å²) < 4.78 is 28.9. The second kappa shape index (κ2) is 7.06. The maximum Gasteiger partial charge on any atom is 0.261 e. The number of phenolic OH excluding ortho intramolecular Hbond substituents is 1. The van der Waals surface area contributed by atoms with Crippen LogP contribution < -0.4 is 4.72 Å². The van der Waals surface area contributed by atoms with Crippen molar-refractivity contribution >= 4 is 26.5 Å². The Kier molecular flexibility index (Phi) is 5.16. The number of fused-ring (bicyclic) bond motifs is 1. The van der Waals surface area contributed by atoms with Gasteiger partial charge in [-0.3, -0.25) is 4.72 Å². The molecule has 0 atom stereocenters. The number of aromatic hydroxyl groups is 1. The molecule has 4 nitrogen and oxygen atoms in total. The molecule has 3 aromatic carbocycles. The SMILES string of the molecule is CC(C)(C)c1cc(NS(=O)(=O)c2ccc3ccccc3c2)cc(C(C)(C)C)c1O. The lowest BCUT2D eigenvalue weighted by Gasteiger charge is -2.28. The van der Waals surface area contributed by atoms with E-state index in [4.69, 9.17) is 0 Å². The Morgan fingerprint density at radius 1 is 0.759 bits per heavy atom. The van der Waals surface area contributed by atoms with Gasteiger partial charge in [0.2, 0.25) is 0 Å². The third-order valence-electron chi connectivity index (χ3n) is 5.01. The molecule has 0 fully saturated rings. The number of hydrogen-bond acceptors (Lipinski definition) is 3. The fraction of sp³-hybridized carbons (Fsp3) is 0.333. The Hall–Kier alpha value is -2.53. The number of hydrogen-bond donors (Lipinski definition) is 2. The standard InChI is InChI=1S/C24H29NO3S/c1-23(2,3)20-14-18(15-21(22(20)26)24(4,5)6)25-29(27,28)19-12-11-16-9-7-8-10-17(16)13-19/h7-15,25-26H,1-6H3. The van der Waals surface area contributed by atoms with Gasteiger partial charge in [-0.1, -0.05) is 71.9 Å². The third-order valence-corrected chi connectivity index (χ3v) is 6.39. The fourth-order valence-corrected chi connectivity index (χ4v) is 4.46. The fourth-order valence-electron chi connectivity index (χ4n) is 3.39. The molecule has 0 bridgehead atoms. The highest BCUT2D eigenvalue weighted by molar-refractivity contribution is 7.92. The van der Waals surface area contributed by atoms with Crippen molar-refractivity contribution in [1.29, 1.82) is 0 Å². The average Bonchev–Trinajstić information content (AvgIpc) is 2.60. The van der Waals surface area contributed by atoms with Gasteiger partial charge in [0.15, 0.2) is 0 Å². The number of nitrogens with one attached hydrogen (secondary N) is 1. The van der Waals surface area contributed by atoms with E-state index in [1.165, 1.54) is 0 Å². The van der Waals surface area contributed by atoms with E-state index < -0.39 is 10.0 Å². The molecule has 0 aliphatic rings. The molecule has 2 N–H and O–H groups in total. The quantitative estimate of drug-likeness (QED) is 0.524. The van der Waals surface area contributed by atoms with Crippen molar-refractivity contribution in [1.82, 2.24) is 0 Å². The van der Waals surface area contributed by atoms with Crippen LogP contribution in [-0.4, -0.2) is 13.5 Å². The predicted molar refractivity (Wildman–Crippen MR) is 120 cm³/mol. The summed E-state index contributed by atoms with van der Waals surface area (Å²) in [6.07, 6.45) is 0. The molecule has 0 aromatic heterocycles. The minimum atomic E-state index is -3.77. The third kappa shape index (κ3) is 4.40. The number of rotatable bonds is 3. The zero-order chi connectivity index (χ0) is 21.6. The number of benzene rings is 3. The second-order valence-electron chi connectivity index (χ2n) is 9.53. The summed E-state index contributed by atoms with van der Waals surface area (Å²) >= 11 is 0. The van der Waals surface area contributed by atoms with E-state index in [9.17, 15) is 13.5 Å². The Labute approximate surface area is 173 Å². The normalized spacial score (nSPS) is 12.9. The van der Waals surface area contributed by atoms with E-state index >= 15 is 0 Å². The molecule has 0 saturated heterocycles. The van der Waals surface area contributed by atoms with Gasteiger partial charge in [0.25, 0.3) is 10.0 Å². The van der Waals surface area contributed by atoms with Crippen molar-refractivity contribution < 1.29 is 13.5 Å². The van der Waals surface area contributed by atoms with E-state index in [0.29, 0.717) is 16.8 Å². The van der Waals surface area contributed by atoms with E-state index in [2.05, 4.69) is 4.72 Å². The number of sulfonamides is 1. The van der Waals surface area contributed by atoms with Crippen molar-refractivity contribution in [2.24, 2.45) is 0 Å². The largest absolute Gasteiger partial charge is 0.507 e. The second-order valence-corrected chi connectivity index (χ2v) is 11.2. The van der Waals surface area contributed by atoms with Gasteiger partial charge in [0.05, 0.1) is 4.90 Å². The predicted octanol–water partition coefficient (Wildman–Crippen LogP) is 5.94. The molecule has 0 spiro atoms. The van der Waals surface area contributed by atoms with Gasteiger partial charge in [0.1, 0.15) is 5.75 Å². The molecule has 5 heteroatoms. The van der Waals surface area contributed by atoms with Crippen LogP contribution in [0.2, 0.25) is 0 Å². The van der Waals surface area contributed by atoms with Gasteiger partial charge in [-0.25, -0.2) is 8.42 Å². The van der Waals surface area contributed by atoms with Gasteiger partial charge in [-0.15, -0.1) is 0 Å². The van der Waals surface area contributed by atoms with Gasteiger partial charge in [0, 0.05) is 16.8 Å². The van der Waals surface area contributed by atoms with Crippen molar-refractivity contribution in [2.75, 3.05) is 4.72 Å². The molecule has 0 heterocycles. The summed E-state index contributed by atoms with van der Waals surface area (Å²) in [4.78, 5) is 0.207. The van der Waals surface area contributed by atoms with Crippen LogP contribution in [0.25, 0.3) is 10.8 Å². The Morgan fingerprint density at radius 2 is 1.28 bits per heavy atom. The highest BCUT2D eigenvalue weighted by Crippen LogP contribution is 2.41. The lowest BCUT2D eigenvalue weighted by molar-refractivity contribution is 0.423. The van der Waals surface area contributed by atoms with E-state index in [1.54, 1.807) is 24.3 Å². The monoisotopic (exact) mass is 411 g/mol. The van der Waals surface area contributed by atoms with E-state index in [-0.39, 0.29) is 21.5 Å². The topological polar surface area (TPSA) is 66.4 Å². The first-order valence-corrected chi connectivity index (χ1v) is 11.2. The summed E-state index contributed by atoms with van der Waals surface area (Å²) in [6.45, 7) is 12.0. The van der Waals surface area contributed by atoms with Crippen molar-refractivity contribution in [3.8, 4) is 5.75 Å². The van der Waals surface area contributed by atoms with Crippen molar-refractivity contribution in [3.63, 3.8) is 0 Å². The lowest BCUT2D eigenvalue weighted by Crippen LogP contribution is -2.19. The highest BCUT2D eigenvalue weighted by atomic mass is 32.2. The van der Waals surface area contributed by atoms with Crippen LogP contribution in [0.15, 0.2) is 59.5 Å². The van der Waals surface area contributed by atoms with E-state index in [1.807, 2.05) is 71.9 Å². The van der Waals surface area contributed by atoms with Crippen LogP contribution in [0.5, 0.6) is 5.75 Å². The summed E-state index contributed by atoms with van der Waals surface area (Å²) in [5.41, 5.74) is 1.19. The Balaban J connectivity index is 2.10. The summed E-state index contributed by atoms with van der Waals surface area (Å²) in [5.74, 6) is 0.221. The lowest BCUT2D eigenvalue weighted by atomic mass is 9.79. The number of phenols is 1. The first-order valence-electron chi connectivity index (χ1n) is 9.69. The molecule has 0 amide bonds. The highest BCUT2D eigenvalue weighted by Gasteiger charge is 2.27. The van der Waals surface area contributed by atoms with Crippen LogP contribution in [0.4, 0.5) is 5.69 Å². The molecule has 0 radical (unpaired) electrons. The van der Waals surface area contributed by atoms with Gasteiger partial charge in [-0.05, 0) is 45.9 Å². The minimum absolute atomic E-state index is 0.207.